The Morgan fingerprint density at radius 1 is 1.00 bits per heavy atom. The minimum atomic E-state index is -0.138. The van der Waals surface area contributed by atoms with E-state index in [1.54, 1.807) is 12.1 Å². The fourth-order valence-electron chi connectivity index (χ4n) is 1.85. The molecule has 0 spiro atoms. The number of anilines is 1. The summed E-state index contributed by atoms with van der Waals surface area (Å²) in [5.41, 5.74) is 3.20. The van der Waals surface area contributed by atoms with Gasteiger partial charge >= 0.3 is 0 Å². The lowest BCUT2D eigenvalue weighted by molar-refractivity contribution is 0.619. The van der Waals surface area contributed by atoms with Crippen molar-refractivity contribution in [2.24, 2.45) is 0 Å². The van der Waals surface area contributed by atoms with Gasteiger partial charge in [0.2, 0.25) is 0 Å². The third-order valence-electron chi connectivity index (χ3n) is 2.66. The van der Waals surface area contributed by atoms with Crippen LogP contribution in [0, 0.1) is 5.82 Å². The molecule has 0 saturated carbocycles. The third-order valence-corrected chi connectivity index (χ3v) is 2.66. The van der Waals surface area contributed by atoms with Crippen molar-refractivity contribution in [1.29, 1.82) is 0 Å². The van der Waals surface area contributed by atoms with Gasteiger partial charge in [0, 0.05) is 12.7 Å². The standard InChI is InChI=1S/C13H20FN/c1-8(2)11-6-10(14)7-12(9(3)4)13(11)15-5/h6-9,15H,1-5H3. The monoisotopic (exact) mass is 209 g/mol. The predicted molar refractivity (Wildman–Crippen MR) is 64.1 cm³/mol. The summed E-state index contributed by atoms with van der Waals surface area (Å²) in [6.07, 6.45) is 0. The van der Waals surface area contributed by atoms with Gasteiger partial charge in [0.25, 0.3) is 0 Å². The summed E-state index contributed by atoms with van der Waals surface area (Å²) in [5.74, 6) is 0.530. The van der Waals surface area contributed by atoms with Gasteiger partial charge in [0.1, 0.15) is 5.82 Å². The van der Waals surface area contributed by atoms with Crippen LogP contribution in [0.15, 0.2) is 12.1 Å². The van der Waals surface area contributed by atoms with Gasteiger partial charge in [-0.05, 0) is 35.1 Å². The molecule has 1 N–H and O–H groups in total. The first kappa shape index (κ1) is 12.0. The molecule has 0 saturated heterocycles. The minimum Gasteiger partial charge on any atom is -0.388 e. The van der Waals surface area contributed by atoms with Crippen molar-refractivity contribution in [3.8, 4) is 0 Å². The minimum absolute atomic E-state index is 0.138. The fourth-order valence-corrected chi connectivity index (χ4v) is 1.85. The van der Waals surface area contributed by atoms with E-state index in [0.717, 1.165) is 16.8 Å². The zero-order valence-electron chi connectivity index (χ0n) is 10.2. The molecule has 0 heterocycles. The second-order valence-electron chi connectivity index (χ2n) is 4.52. The molecule has 0 aliphatic rings. The average Bonchev–Trinajstić information content (AvgIpc) is 2.16. The summed E-state index contributed by atoms with van der Waals surface area (Å²) in [6.45, 7) is 8.33. The Balaban J connectivity index is 3.38. The highest BCUT2D eigenvalue weighted by Gasteiger charge is 2.14. The SMILES string of the molecule is CNc1c(C(C)C)cc(F)cc1C(C)C. The van der Waals surface area contributed by atoms with E-state index in [9.17, 15) is 4.39 Å². The van der Waals surface area contributed by atoms with Crippen molar-refractivity contribution in [1.82, 2.24) is 0 Å². The molecule has 1 aromatic rings. The molecule has 1 nitrogen and oxygen atoms in total. The van der Waals surface area contributed by atoms with Crippen molar-refractivity contribution < 1.29 is 4.39 Å². The Morgan fingerprint density at radius 2 is 1.40 bits per heavy atom. The Labute approximate surface area is 91.7 Å². The molecule has 0 radical (unpaired) electrons. The summed E-state index contributed by atoms with van der Waals surface area (Å²) in [5, 5.41) is 3.19. The lowest BCUT2D eigenvalue weighted by Crippen LogP contribution is -2.04. The Bertz CT molecular complexity index is 313. The number of hydrogen-bond acceptors (Lipinski definition) is 1. The van der Waals surface area contributed by atoms with E-state index in [4.69, 9.17) is 0 Å². The zero-order chi connectivity index (χ0) is 11.6. The summed E-state index contributed by atoms with van der Waals surface area (Å²) in [4.78, 5) is 0. The van der Waals surface area contributed by atoms with E-state index >= 15 is 0 Å². The van der Waals surface area contributed by atoms with Gasteiger partial charge in [0.05, 0.1) is 0 Å². The van der Waals surface area contributed by atoms with E-state index in [1.165, 1.54) is 0 Å². The van der Waals surface area contributed by atoms with Crippen molar-refractivity contribution in [2.75, 3.05) is 12.4 Å². The molecule has 0 aromatic heterocycles. The molecule has 0 bridgehead atoms. The van der Waals surface area contributed by atoms with Crippen LogP contribution in [0.5, 0.6) is 0 Å². The fraction of sp³-hybridized carbons (Fsp3) is 0.538. The Kier molecular flexibility index (Phi) is 3.72. The summed E-state index contributed by atoms with van der Waals surface area (Å²) in [6, 6.07) is 3.25. The number of hydrogen-bond donors (Lipinski definition) is 1. The van der Waals surface area contributed by atoms with Gasteiger partial charge < -0.3 is 5.32 Å². The van der Waals surface area contributed by atoms with Crippen LogP contribution < -0.4 is 5.32 Å². The molecule has 15 heavy (non-hydrogen) atoms. The zero-order valence-corrected chi connectivity index (χ0v) is 10.2. The number of halogens is 1. The summed E-state index contributed by atoms with van der Waals surface area (Å²) >= 11 is 0. The largest absolute Gasteiger partial charge is 0.388 e. The van der Waals surface area contributed by atoms with Crippen molar-refractivity contribution >= 4 is 5.69 Å². The molecule has 84 valence electrons. The van der Waals surface area contributed by atoms with Crippen molar-refractivity contribution in [3.05, 3.63) is 29.1 Å². The van der Waals surface area contributed by atoms with Gasteiger partial charge in [-0.2, -0.15) is 0 Å². The first-order valence-electron chi connectivity index (χ1n) is 5.48. The smallest absolute Gasteiger partial charge is 0.123 e. The second kappa shape index (κ2) is 4.65. The highest BCUT2D eigenvalue weighted by Crippen LogP contribution is 2.32. The molecular weight excluding hydrogens is 189 g/mol. The van der Waals surface area contributed by atoms with Gasteiger partial charge in [-0.3, -0.25) is 0 Å². The summed E-state index contributed by atoms with van der Waals surface area (Å²) in [7, 11) is 1.89. The molecule has 0 amide bonds. The second-order valence-corrected chi connectivity index (χ2v) is 4.52. The molecule has 0 fully saturated rings. The lowest BCUT2D eigenvalue weighted by atomic mass is 9.92. The maximum absolute atomic E-state index is 13.4. The molecule has 1 aromatic carbocycles. The van der Waals surface area contributed by atoms with E-state index in [1.807, 2.05) is 7.05 Å². The van der Waals surface area contributed by atoms with Crippen LogP contribution in [-0.4, -0.2) is 7.05 Å². The van der Waals surface area contributed by atoms with Crippen LogP contribution in [0.2, 0.25) is 0 Å². The molecular formula is C13H20FN. The third kappa shape index (κ3) is 2.49. The van der Waals surface area contributed by atoms with Crippen LogP contribution in [-0.2, 0) is 0 Å². The molecule has 1 rings (SSSR count). The van der Waals surface area contributed by atoms with E-state index in [0.29, 0.717) is 11.8 Å². The molecule has 0 aliphatic carbocycles. The van der Waals surface area contributed by atoms with Gasteiger partial charge in [0.15, 0.2) is 0 Å². The van der Waals surface area contributed by atoms with E-state index in [-0.39, 0.29) is 5.82 Å². The maximum atomic E-state index is 13.4. The molecule has 0 atom stereocenters. The van der Waals surface area contributed by atoms with Crippen molar-refractivity contribution in [3.63, 3.8) is 0 Å². The first-order valence-corrected chi connectivity index (χ1v) is 5.48. The molecule has 2 heteroatoms. The number of rotatable bonds is 3. The van der Waals surface area contributed by atoms with Gasteiger partial charge in [-0.25, -0.2) is 4.39 Å². The van der Waals surface area contributed by atoms with Crippen LogP contribution in [0.1, 0.15) is 50.7 Å². The van der Waals surface area contributed by atoms with Crippen LogP contribution in [0.4, 0.5) is 10.1 Å². The molecule has 0 aliphatic heterocycles. The highest BCUT2D eigenvalue weighted by molar-refractivity contribution is 5.59. The Hall–Kier alpha value is -1.05. The van der Waals surface area contributed by atoms with Crippen molar-refractivity contribution in [2.45, 2.75) is 39.5 Å². The maximum Gasteiger partial charge on any atom is 0.123 e. The normalized spacial score (nSPS) is 11.2. The van der Waals surface area contributed by atoms with E-state index < -0.39 is 0 Å². The Morgan fingerprint density at radius 3 is 1.67 bits per heavy atom. The van der Waals surface area contributed by atoms with Crippen LogP contribution in [0.3, 0.4) is 0 Å². The van der Waals surface area contributed by atoms with Crippen LogP contribution >= 0.6 is 0 Å². The highest BCUT2D eigenvalue weighted by atomic mass is 19.1. The van der Waals surface area contributed by atoms with Crippen LogP contribution in [0.25, 0.3) is 0 Å². The quantitative estimate of drug-likeness (QED) is 0.789. The summed E-state index contributed by atoms with van der Waals surface area (Å²) < 4.78 is 13.4. The predicted octanol–water partition coefficient (Wildman–Crippen LogP) is 4.11. The van der Waals surface area contributed by atoms with Gasteiger partial charge in [-0.1, -0.05) is 27.7 Å². The average molecular weight is 209 g/mol. The first-order chi connectivity index (χ1) is 6.97. The number of benzene rings is 1. The van der Waals surface area contributed by atoms with E-state index in [2.05, 4.69) is 33.0 Å². The lowest BCUT2D eigenvalue weighted by Gasteiger charge is -2.19. The topological polar surface area (TPSA) is 12.0 Å². The number of nitrogens with one attached hydrogen (secondary N) is 1. The van der Waals surface area contributed by atoms with Gasteiger partial charge in [-0.15, -0.1) is 0 Å². The molecule has 0 unspecified atom stereocenters.